The van der Waals surface area contributed by atoms with Gasteiger partial charge in [-0.2, -0.15) is 0 Å². The molecule has 4 bridgehead atoms. The van der Waals surface area contributed by atoms with E-state index in [1.807, 2.05) is 31.2 Å². The molecule has 12 heteroatoms. The Bertz CT molecular complexity index is 4020. The van der Waals surface area contributed by atoms with Gasteiger partial charge in [0.25, 0.3) is 11.8 Å². The molecule has 0 N–H and O–H groups in total. The molecular weight excluding hydrogens is 1280 g/mol. The van der Waals surface area contributed by atoms with Crippen LogP contribution in [-0.4, -0.2) is 66.6 Å². The van der Waals surface area contributed by atoms with Gasteiger partial charge in [-0.15, -0.1) is 0 Å². The summed E-state index contributed by atoms with van der Waals surface area (Å²) in [6.45, 7) is 13.3. The van der Waals surface area contributed by atoms with Crippen molar-refractivity contribution in [2.75, 3.05) is 13.2 Å². The molecule has 2 amide bonds. The van der Waals surface area contributed by atoms with Gasteiger partial charge in [-0.3, -0.25) is 14.5 Å². The molecule has 432 valence electrons. The van der Waals surface area contributed by atoms with Crippen molar-refractivity contribution >= 4 is 48.5 Å². The first-order valence-corrected chi connectivity index (χ1v) is 37.4. The Kier molecular flexibility index (Phi) is 13.1. The van der Waals surface area contributed by atoms with Crippen molar-refractivity contribution in [2.24, 2.45) is 56.6 Å². The number of hydrogen-bond acceptors (Lipinski definition) is 10. The number of imide groups is 1. The normalized spacial score (nSPS) is 28.5. The third kappa shape index (κ3) is 7.59. The fraction of sp³-hybridized carbons (Fsp3) is 0.432. The number of nitrogens with zero attached hydrogens (tertiary/aromatic N) is 8. The molecule has 0 aromatic heterocycles. The average molecular weight is 1350 g/mol. The van der Waals surface area contributed by atoms with E-state index >= 15 is 0 Å². The number of ether oxygens (including phenoxy) is 1. The second-order valence-electron chi connectivity index (χ2n) is 26.9. The number of amides is 2. The molecule has 4 saturated carbocycles. The van der Waals surface area contributed by atoms with Gasteiger partial charge in [-0.05, 0) is 42.7 Å². The van der Waals surface area contributed by atoms with Crippen molar-refractivity contribution in [3.63, 3.8) is 0 Å². The SMILES string of the molecule is CCC12CCC(CC)(CC1)C21c2cc([C]3=[Ac][C]4=NC(C)=NC4=N3)ccc2-c2cc3c(cc21)-c1ccc(-c2ccc(C4=NC5=NC(c6ccc(OCCCCCCCCCN7C(=O)C=CC7=O)cc6)=NC5=N4)cc2)cc1C31C2(CC)CCC1(CC)CC2. The zero-order valence-corrected chi connectivity index (χ0v) is 55.4. The minimum atomic E-state index is -1.73. The summed E-state index contributed by atoms with van der Waals surface area (Å²) < 4.78 is 8.66. The molecule has 0 radical (unpaired) electrons. The quantitative estimate of drug-likeness (QED) is 0.0602. The van der Waals surface area contributed by atoms with E-state index in [2.05, 4.69) is 100 Å². The number of rotatable bonds is 19. The monoisotopic (exact) mass is 1350 g/mol. The predicted molar refractivity (Wildman–Crippen MR) is 342 cm³/mol. The van der Waals surface area contributed by atoms with Crippen LogP contribution < -0.4 is 4.74 Å². The number of aliphatic imine (C=N–C) groups is 7. The maximum absolute atomic E-state index is 11.7. The first-order valence-electron chi connectivity index (χ1n) is 32.6. The summed E-state index contributed by atoms with van der Waals surface area (Å²) in [5.74, 6) is 4.61. The Balaban J connectivity index is 0.656. The molecule has 11 nitrogen and oxygen atoms in total. The first kappa shape index (κ1) is 55.1. The summed E-state index contributed by atoms with van der Waals surface area (Å²) in [5.41, 5.74) is 19.0. The van der Waals surface area contributed by atoms with Crippen LogP contribution in [0.1, 0.15) is 196 Å². The molecule has 11 aliphatic rings. The van der Waals surface area contributed by atoms with Crippen LogP contribution in [0.3, 0.4) is 0 Å². The summed E-state index contributed by atoms with van der Waals surface area (Å²) in [5, 5.41) is 0. The third-order valence-corrected chi connectivity index (χ3v) is 29.8. The molecule has 5 heterocycles. The standard InChI is InChI=1S/C74H75N8O3.Ac/c1-6-69-31-33-70(7-2,34-32-69)73(69)58-41-48(45-76-62-46-75-47(5)77-62)17-27-54(58)56-43-61-57(44-60(56)73)55-28-24-52(42-59(55)74(61)71(8-3)35-37-72(74,9-4)38-36-71)49-18-20-50(21-19-49)65-78-67-68(79-65)81-66(80-67)51-22-25-53(26-23-51)85-40-16-14-12-10-11-13-15-39-82-63(83)29-30-64(82)84;/h17-30,41-44H,6-16,31-40H2,1-5H3;. The van der Waals surface area contributed by atoms with E-state index in [9.17, 15) is 9.59 Å². The van der Waals surface area contributed by atoms with E-state index in [-0.39, 0.29) is 44.3 Å². The summed E-state index contributed by atoms with van der Waals surface area (Å²) in [7, 11) is 0. The number of benzene rings is 5. The van der Waals surface area contributed by atoms with E-state index in [1.165, 1.54) is 135 Å². The number of hydrogen-bond donors (Lipinski definition) is 0. The molecule has 16 rings (SSSR count). The van der Waals surface area contributed by atoms with Crippen LogP contribution in [-0.2, 0) is 20.4 Å². The molecule has 2 spiro atoms. The summed E-state index contributed by atoms with van der Waals surface area (Å²) in [6, 6.07) is 37.9. The van der Waals surface area contributed by atoms with Gasteiger partial charge in [-0.1, -0.05) is 56.4 Å². The topological polar surface area (TPSA) is 133 Å². The van der Waals surface area contributed by atoms with Crippen molar-refractivity contribution in [3.8, 4) is 39.1 Å². The van der Waals surface area contributed by atoms with Gasteiger partial charge in [0.2, 0.25) is 11.7 Å². The molecule has 86 heavy (non-hydrogen) atoms. The molecule has 0 saturated heterocycles. The maximum atomic E-state index is 11.7. The Hall–Kier alpha value is -6.22. The number of carbonyl (C=O) groups is 2. The van der Waals surface area contributed by atoms with Gasteiger partial charge in [0, 0.05) is 29.8 Å². The van der Waals surface area contributed by atoms with E-state index in [0.29, 0.717) is 36.5 Å². The molecule has 5 aromatic carbocycles. The van der Waals surface area contributed by atoms with Crippen LogP contribution in [0.15, 0.2) is 144 Å². The van der Waals surface area contributed by atoms with Crippen LogP contribution in [0.2, 0.25) is 0 Å². The zero-order chi connectivity index (χ0) is 58.4. The van der Waals surface area contributed by atoms with Gasteiger partial charge in [0.15, 0.2) is 11.7 Å². The summed E-state index contributed by atoms with van der Waals surface area (Å²) >= 11 is -1.73. The molecule has 0 atom stereocenters. The van der Waals surface area contributed by atoms with Gasteiger partial charge in [0.1, 0.15) is 5.75 Å². The Morgan fingerprint density at radius 3 is 1.37 bits per heavy atom. The van der Waals surface area contributed by atoms with Crippen molar-refractivity contribution < 1.29 is 53.5 Å². The van der Waals surface area contributed by atoms with E-state index in [1.54, 1.807) is 22.3 Å². The number of fused-ring (bicyclic) bond motifs is 8. The zero-order valence-electron chi connectivity index (χ0n) is 50.6. The van der Waals surface area contributed by atoms with Crippen LogP contribution >= 0.6 is 0 Å². The van der Waals surface area contributed by atoms with Crippen LogP contribution in [0.25, 0.3) is 33.4 Å². The van der Waals surface area contributed by atoms with Crippen molar-refractivity contribution in [2.45, 2.75) is 167 Å². The molecule has 4 fully saturated rings. The van der Waals surface area contributed by atoms with E-state index in [0.717, 1.165) is 73.5 Å². The Morgan fingerprint density at radius 2 is 0.860 bits per heavy atom. The summed E-state index contributed by atoms with van der Waals surface area (Å²) in [4.78, 5) is 59.2. The van der Waals surface area contributed by atoms with E-state index in [4.69, 9.17) is 39.7 Å². The van der Waals surface area contributed by atoms with Gasteiger partial charge in [-0.25, -0.2) is 20.0 Å². The van der Waals surface area contributed by atoms with Crippen LogP contribution in [0.5, 0.6) is 5.75 Å². The minimum absolute atomic E-state index is 0.0361. The summed E-state index contributed by atoms with van der Waals surface area (Å²) in [6.07, 6.45) is 25.3. The van der Waals surface area contributed by atoms with Crippen molar-refractivity contribution in [1.82, 2.24) is 4.90 Å². The second kappa shape index (κ2) is 20.4. The fourth-order valence-electron chi connectivity index (χ4n) is 19.9. The van der Waals surface area contributed by atoms with Crippen LogP contribution in [0.4, 0.5) is 0 Å². The number of amidine groups is 6. The molecule has 5 aliphatic heterocycles. The van der Waals surface area contributed by atoms with Gasteiger partial charge < -0.3 is 4.74 Å². The first-order chi connectivity index (χ1) is 42.0. The number of unbranched alkanes of at least 4 members (excludes halogenated alkanes) is 6. The molecule has 5 aromatic rings. The predicted octanol–water partition coefficient (Wildman–Crippen LogP) is 15.5. The Morgan fingerprint density at radius 1 is 0.430 bits per heavy atom. The number of carbonyl (C=O) groups excluding carboxylic acids is 2. The average Bonchev–Trinajstić information content (AvgIpc) is 1.47. The Labute approximate surface area is 527 Å². The second-order valence-corrected chi connectivity index (χ2v) is 32.6. The third-order valence-electron chi connectivity index (χ3n) is 24.0. The molecule has 0 unspecified atom stereocenters. The molecule has 6 aliphatic carbocycles. The molecular formula is C74H75AcN8O3. The van der Waals surface area contributed by atoms with Crippen molar-refractivity contribution in [3.05, 3.63) is 148 Å². The van der Waals surface area contributed by atoms with Crippen molar-refractivity contribution in [1.29, 1.82) is 0 Å². The van der Waals surface area contributed by atoms with Crippen LogP contribution in [0, 0.1) is 60.8 Å². The van der Waals surface area contributed by atoms with Gasteiger partial charge >= 0.3 is 316 Å². The van der Waals surface area contributed by atoms with E-state index < -0.39 is 39.2 Å². The fourth-order valence-corrected chi connectivity index (χ4v) is 25.3. The van der Waals surface area contributed by atoms with Gasteiger partial charge in [0.05, 0.1) is 6.61 Å².